The van der Waals surface area contributed by atoms with Gasteiger partial charge in [0.15, 0.2) is 0 Å². The molecule has 0 radical (unpaired) electrons. The maximum Gasteiger partial charge on any atom is 0.820 e. The van der Waals surface area contributed by atoms with E-state index in [0.717, 1.165) is 0 Å². The molecule has 0 aliphatic carbocycles. The van der Waals surface area contributed by atoms with Crippen LogP contribution in [0, 0.1) is 0 Å². The van der Waals surface area contributed by atoms with Gasteiger partial charge in [0.05, 0.1) is 0 Å². The van der Waals surface area contributed by atoms with Crippen molar-refractivity contribution in [2.75, 3.05) is 13.2 Å². The van der Waals surface area contributed by atoms with Crippen LogP contribution in [0.25, 0.3) is 0 Å². The molecule has 0 bridgehead atoms. The molecule has 0 amide bonds. The molecule has 112 valence electrons. The second-order valence-corrected chi connectivity index (χ2v) is 6.18. The summed E-state index contributed by atoms with van der Waals surface area (Å²) in [6.45, 7) is 4.69. The summed E-state index contributed by atoms with van der Waals surface area (Å²) in [5, 5.41) is 0. The molecule has 0 atom stereocenters. The monoisotopic (exact) mass is 304 g/mol. The predicted octanol–water partition coefficient (Wildman–Crippen LogP) is 3.65. The maximum atomic E-state index is 5.96. The molecule has 2 aromatic rings. The predicted molar refractivity (Wildman–Crippen MR) is 83.1 cm³/mol. The van der Waals surface area contributed by atoms with Crippen LogP contribution in [-0.2, 0) is 8.85 Å². The standard InChI is InChI=1S/C16H20O4Si/c1-3-17-21(18-4-2,19-15-11-7-5-8-12-15)20-16-13-9-6-10-14-16/h5-14H,3-4H2,1-2H3. The molecule has 0 saturated heterocycles. The Morgan fingerprint density at radius 1 is 0.667 bits per heavy atom. The van der Waals surface area contributed by atoms with Crippen LogP contribution in [0.4, 0.5) is 0 Å². The van der Waals surface area contributed by atoms with Gasteiger partial charge >= 0.3 is 9.05 Å². The molecule has 0 heterocycles. The molecule has 0 aromatic heterocycles. The topological polar surface area (TPSA) is 36.9 Å². The van der Waals surface area contributed by atoms with Crippen molar-refractivity contribution in [2.24, 2.45) is 0 Å². The Morgan fingerprint density at radius 3 is 1.38 bits per heavy atom. The fraction of sp³-hybridized carbons (Fsp3) is 0.250. The lowest BCUT2D eigenvalue weighted by atomic mass is 10.3. The second kappa shape index (κ2) is 7.83. The minimum atomic E-state index is -3.28. The highest BCUT2D eigenvalue weighted by Gasteiger charge is 2.51. The molecule has 0 aliphatic rings. The minimum Gasteiger partial charge on any atom is -0.471 e. The van der Waals surface area contributed by atoms with Gasteiger partial charge in [-0.3, -0.25) is 0 Å². The Labute approximate surface area is 126 Å². The van der Waals surface area contributed by atoms with E-state index in [1.165, 1.54) is 0 Å². The zero-order valence-electron chi connectivity index (χ0n) is 12.3. The molecule has 0 saturated carbocycles. The molecule has 5 heteroatoms. The van der Waals surface area contributed by atoms with Gasteiger partial charge in [0.2, 0.25) is 0 Å². The molecule has 4 nitrogen and oxygen atoms in total. The summed E-state index contributed by atoms with van der Waals surface area (Å²) in [6.07, 6.45) is 0. The molecule has 2 aromatic carbocycles. The van der Waals surface area contributed by atoms with Crippen LogP contribution in [0.3, 0.4) is 0 Å². The van der Waals surface area contributed by atoms with Crippen molar-refractivity contribution in [3.05, 3.63) is 60.7 Å². The van der Waals surface area contributed by atoms with E-state index < -0.39 is 9.05 Å². The fourth-order valence-corrected chi connectivity index (χ4v) is 3.72. The molecule has 0 spiro atoms. The SMILES string of the molecule is CCO[Si](OCC)(Oc1ccccc1)Oc1ccccc1. The van der Waals surface area contributed by atoms with Crippen molar-refractivity contribution in [1.82, 2.24) is 0 Å². The second-order valence-electron chi connectivity index (χ2n) is 4.20. The Morgan fingerprint density at radius 2 is 1.05 bits per heavy atom. The lowest BCUT2D eigenvalue weighted by Gasteiger charge is -2.27. The van der Waals surface area contributed by atoms with E-state index in [0.29, 0.717) is 24.7 Å². The van der Waals surface area contributed by atoms with Crippen LogP contribution in [0.5, 0.6) is 11.5 Å². The summed E-state index contributed by atoms with van der Waals surface area (Å²) in [7, 11) is -3.28. The van der Waals surface area contributed by atoms with Gasteiger partial charge < -0.3 is 17.7 Å². The highest BCUT2D eigenvalue weighted by molar-refractivity contribution is 6.55. The van der Waals surface area contributed by atoms with Crippen molar-refractivity contribution >= 4 is 9.05 Å². The van der Waals surface area contributed by atoms with Crippen LogP contribution in [-0.4, -0.2) is 22.3 Å². The normalized spacial score (nSPS) is 11.1. The van der Waals surface area contributed by atoms with Gasteiger partial charge in [0.25, 0.3) is 0 Å². The first-order valence-corrected chi connectivity index (χ1v) is 8.67. The Kier molecular flexibility index (Phi) is 5.80. The average Bonchev–Trinajstić information content (AvgIpc) is 2.50. The lowest BCUT2D eigenvalue weighted by molar-refractivity contribution is 0.0493. The number of hydrogen-bond acceptors (Lipinski definition) is 4. The Balaban J connectivity index is 2.23. The highest BCUT2D eigenvalue weighted by atomic mass is 28.4. The largest absolute Gasteiger partial charge is 0.820 e. The average molecular weight is 304 g/mol. The smallest absolute Gasteiger partial charge is 0.471 e. The lowest BCUT2D eigenvalue weighted by Crippen LogP contribution is -2.55. The number of benzene rings is 2. The maximum absolute atomic E-state index is 5.96. The molecule has 0 N–H and O–H groups in total. The van der Waals surface area contributed by atoms with Crippen molar-refractivity contribution in [1.29, 1.82) is 0 Å². The number of rotatable bonds is 8. The zero-order chi connectivity index (χ0) is 15.0. The van der Waals surface area contributed by atoms with Crippen molar-refractivity contribution in [2.45, 2.75) is 13.8 Å². The Bertz CT molecular complexity index is 469. The summed E-state index contributed by atoms with van der Waals surface area (Å²) in [4.78, 5) is 0. The molecule has 21 heavy (non-hydrogen) atoms. The van der Waals surface area contributed by atoms with E-state index in [9.17, 15) is 0 Å². The van der Waals surface area contributed by atoms with Gasteiger partial charge in [-0.2, -0.15) is 0 Å². The molecule has 2 rings (SSSR count). The quantitative estimate of drug-likeness (QED) is 0.698. The van der Waals surface area contributed by atoms with Crippen LogP contribution in [0.15, 0.2) is 60.7 Å². The summed E-state index contributed by atoms with van der Waals surface area (Å²) in [5.41, 5.74) is 0. The molecule has 0 fully saturated rings. The van der Waals surface area contributed by atoms with Gasteiger partial charge in [0.1, 0.15) is 11.5 Å². The van der Waals surface area contributed by atoms with Crippen molar-refractivity contribution in [3.63, 3.8) is 0 Å². The summed E-state index contributed by atoms with van der Waals surface area (Å²) < 4.78 is 23.4. The van der Waals surface area contributed by atoms with Crippen LogP contribution in [0.1, 0.15) is 13.8 Å². The summed E-state index contributed by atoms with van der Waals surface area (Å²) >= 11 is 0. The van der Waals surface area contributed by atoms with Crippen LogP contribution in [0.2, 0.25) is 0 Å². The fourth-order valence-electron chi connectivity index (χ4n) is 1.80. The van der Waals surface area contributed by atoms with E-state index in [-0.39, 0.29) is 0 Å². The first-order chi connectivity index (χ1) is 10.3. The van der Waals surface area contributed by atoms with Gasteiger partial charge in [-0.05, 0) is 38.1 Å². The van der Waals surface area contributed by atoms with Crippen molar-refractivity contribution in [3.8, 4) is 11.5 Å². The molecule has 0 unspecified atom stereocenters. The van der Waals surface area contributed by atoms with Crippen molar-refractivity contribution < 1.29 is 17.7 Å². The van der Waals surface area contributed by atoms with Gasteiger partial charge in [-0.15, -0.1) is 0 Å². The van der Waals surface area contributed by atoms with Gasteiger partial charge in [0, 0.05) is 13.2 Å². The Hall–Kier alpha value is -1.82. The summed E-state index contributed by atoms with van der Waals surface area (Å²) in [5.74, 6) is 1.34. The third kappa shape index (κ3) is 4.59. The van der Waals surface area contributed by atoms with Crippen LogP contribution < -0.4 is 8.85 Å². The minimum absolute atomic E-state index is 0.450. The number of para-hydroxylation sites is 2. The third-order valence-electron chi connectivity index (χ3n) is 2.61. The van der Waals surface area contributed by atoms with E-state index in [1.54, 1.807) is 0 Å². The zero-order valence-corrected chi connectivity index (χ0v) is 13.3. The summed E-state index contributed by atoms with van der Waals surface area (Å²) in [6, 6.07) is 18.9. The van der Waals surface area contributed by atoms with E-state index in [2.05, 4.69) is 0 Å². The van der Waals surface area contributed by atoms with Gasteiger partial charge in [-0.1, -0.05) is 36.4 Å². The molecular weight excluding hydrogens is 284 g/mol. The molecular formula is C16H20O4Si. The van der Waals surface area contributed by atoms with E-state index in [1.807, 2.05) is 74.5 Å². The number of hydrogen-bond donors (Lipinski definition) is 0. The van der Waals surface area contributed by atoms with E-state index in [4.69, 9.17) is 17.7 Å². The van der Waals surface area contributed by atoms with Crippen LogP contribution >= 0.6 is 0 Å². The molecule has 0 aliphatic heterocycles. The van der Waals surface area contributed by atoms with E-state index >= 15 is 0 Å². The van der Waals surface area contributed by atoms with Gasteiger partial charge in [-0.25, -0.2) is 0 Å². The highest BCUT2D eigenvalue weighted by Crippen LogP contribution is 2.22. The third-order valence-corrected chi connectivity index (χ3v) is 4.87. The first kappa shape index (κ1) is 15.6. The first-order valence-electron chi connectivity index (χ1n) is 7.04.